The second-order valence-corrected chi connectivity index (χ2v) is 12.4. The van der Waals surface area contributed by atoms with Crippen LogP contribution in [0.2, 0.25) is 0 Å². The molecule has 184 valence electrons. The lowest BCUT2D eigenvalue weighted by molar-refractivity contribution is -0.181. The highest BCUT2D eigenvalue weighted by molar-refractivity contribution is 6.01. The Hall–Kier alpha value is -1.42. The standard InChI is InChI=1S/C29H44O4/c1-17(2)7-12-26(32)18(3)23-10-11-24-22-9-8-20-15-21(31)13-14-28(20,5)25(22)16-27(29(23,24)6)33-19(4)30/h13-15,17-18,22-27,32H,7-12,16H2,1-6H3. The summed E-state index contributed by atoms with van der Waals surface area (Å²) in [5.41, 5.74) is 1.02. The summed E-state index contributed by atoms with van der Waals surface area (Å²) >= 11 is 0. The molecule has 0 amide bonds. The number of fused-ring (bicyclic) bond motifs is 5. The van der Waals surface area contributed by atoms with Crippen LogP contribution >= 0.6 is 0 Å². The van der Waals surface area contributed by atoms with Crippen molar-refractivity contribution in [3.05, 3.63) is 23.8 Å². The van der Waals surface area contributed by atoms with Crippen LogP contribution in [0.1, 0.15) is 86.5 Å². The fourth-order valence-electron chi connectivity index (χ4n) is 8.44. The monoisotopic (exact) mass is 456 g/mol. The van der Waals surface area contributed by atoms with Gasteiger partial charge in [-0.25, -0.2) is 0 Å². The van der Waals surface area contributed by atoms with Crippen molar-refractivity contribution in [2.24, 2.45) is 46.3 Å². The van der Waals surface area contributed by atoms with E-state index in [1.165, 1.54) is 12.5 Å². The van der Waals surface area contributed by atoms with Crippen molar-refractivity contribution >= 4 is 11.8 Å². The van der Waals surface area contributed by atoms with Gasteiger partial charge in [-0.15, -0.1) is 0 Å². The maximum Gasteiger partial charge on any atom is 0.302 e. The summed E-state index contributed by atoms with van der Waals surface area (Å²) in [6, 6.07) is 0. The molecular weight excluding hydrogens is 412 g/mol. The lowest BCUT2D eigenvalue weighted by Crippen LogP contribution is -2.57. The molecule has 9 atom stereocenters. The lowest BCUT2D eigenvalue weighted by Gasteiger charge is -2.59. The number of esters is 1. The number of rotatable bonds is 6. The Bertz CT molecular complexity index is 841. The number of aliphatic hydroxyl groups excluding tert-OH is 1. The zero-order valence-electron chi connectivity index (χ0n) is 21.5. The number of allylic oxidation sites excluding steroid dienone is 4. The molecule has 33 heavy (non-hydrogen) atoms. The number of carbonyl (C=O) groups excluding carboxylic acids is 2. The molecule has 3 fully saturated rings. The summed E-state index contributed by atoms with van der Waals surface area (Å²) in [5, 5.41) is 11.1. The summed E-state index contributed by atoms with van der Waals surface area (Å²) in [4.78, 5) is 24.3. The van der Waals surface area contributed by atoms with E-state index in [9.17, 15) is 14.7 Å². The summed E-state index contributed by atoms with van der Waals surface area (Å²) in [5.74, 6) is 2.44. The molecule has 4 heteroatoms. The highest BCUT2D eigenvalue weighted by Crippen LogP contribution is 2.67. The first-order valence-electron chi connectivity index (χ1n) is 13.3. The van der Waals surface area contributed by atoms with Crippen LogP contribution in [0.25, 0.3) is 0 Å². The Balaban J connectivity index is 1.66. The van der Waals surface area contributed by atoms with Crippen LogP contribution in [0.5, 0.6) is 0 Å². The number of hydrogen-bond acceptors (Lipinski definition) is 4. The van der Waals surface area contributed by atoms with Crippen molar-refractivity contribution in [2.75, 3.05) is 0 Å². The molecule has 0 aliphatic heterocycles. The molecule has 4 aliphatic carbocycles. The SMILES string of the molecule is CC(=O)OC1CC2C(CCC3=CC(=O)C=CC32C)C2CCC(C(C)C(O)CCC(C)C)C12C. The third-order valence-electron chi connectivity index (χ3n) is 10.3. The highest BCUT2D eigenvalue weighted by Gasteiger charge is 2.64. The van der Waals surface area contributed by atoms with Gasteiger partial charge in [-0.05, 0) is 92.6 Å². The minimum absolute atomic E-state index is 0.100. The molecule has 1 N–H and O–H groups in total. The van der Waals surface area contributed by atoms with Gasteiger partial charge >= 0.3 is 5.97 Å². The fraction of sp³-hybridized carbons (Fsp3) is 0.793. The lowest BCUT2D eigenvalue weighted by atomic mass is 9.46. The number of ether oxygens (including phenoxy) is 1. The van der Waals surface area contributed by atoms with Crippen molar-refractivity contribution < 1.29 is 19.4 Å². The third kappa shape index (κ3) is 4.15. The van der Waals surface area contributed by atoms with Gasteiger partial charge in [-0.3, -0.25) is 9.59 Å². The van der Waals surface area contributed by atoms with Crippen molar-refractivity contribution in [1.29, 1.82) is 0 Å². The van der Waals surface area contributed by atoms with Gasteiger partial charge in [0.2, 0.25) is 0 Å². The Morgan fingerprint density at radius 2 is 1.88 bits per heavy atom. The van der Waals surface area contributed by atoms with E-state index < -0.39 is 0 Å². The van der Waals surface area contributed by atoms with Crippen LogP contribution in [0, 0.1) is 46.3 Å². The molecule has 9 unspecified atom stereocenters. The first-order valence-corrected chi connectivity index (χ1v) is 13.3. The average molecular weight is 457 g/mol. The number of carbonyl (C=O) groups is 2. The Morgan fingerprint density at radius 1 is 1.15 bits per heavy atom. The smallest absolute Gasteiger partial charge is 0.302 e. The summed E-state index contributed by atoms with van der Waals surface area (Å²) in [7, 11) is 0. The second kappa shape index (κ2) is 8.98. The van der Waals surface area contributed by atoms with Gasteiger partial charge < -0.3 is 9.84 Å². The molecule has 0 aromatic carbocycles. The molecule has 4 nitrogen and oxygen atoms in total. The maximum atomic E-state index is 12.3. The Kier molecular flexibility index (Phi) is 6.72. The normalized spacial score (nSPS) is 41.6. The number of hydrogen-bond donors (Lipinski definition) is 1. The van der Waals surface area contributed by atoms with Crippen molar-refractivity contribution in [3.63, 3.8) is 0 Å². The summed E-state index contributed by atoms with van der Waals surface area (Å²) < 4.78 is 6.13. The maximum absolute atomic E-state index is 12.3. The van der Waals surface area contributed by atoms with Crippen LogP contribution in [-0.2, 0) is 14.3 Å². The van der Waals surface area contributed by atoms with E-state index in [2.05, 4.69) is 40.7 Å². The molecule has 0 saturated heterocycles. The predicted molar refractivity (Wildman–Crippen MR) is 130 cm³/mol. The molecule has 0 radical (unpaired) electrons. The predicted octanol–water partition coefficient (Wildman–Crippen LogP) is 5.89. The van der Waals surface area contributed by atoms with E-state index in [0.29, 0.717) is 29.6 Å². The first kappa shape index (κ1) is 24.7. The van der Waals surface area contributed by atoms with E-state index in [1.807, 2.05) is 6.08 Å². The average Bonchev–Trinajstić information content (AvgIpc) is 3.10. The molecule has 4 aliphatic rings. The second-order valence-electron chi connectivity index (χ2n) is 12.4. The van der Waals surface area contributed by atoms with Crippen molar-refractivity contribution in [2.45, 2.75) is 98.7 Å². The van der Waals surface area contributed by atoms with Gasteiger partial charge in [-0.1, -0.05) is 46.3 Å². The largest absolute Gasteiger partial charge is 0.462 e. The van der Waals surface area contributed by atoms with E-state index >= 15 is 0 Å². The van der Waals surface area contributed by atoms with Crippen LogP contribution < -0.4 is 0 Å². The molecule has 0 bridgehead atoms. The highest BCUT2D eigenvalue weighted by atomic mass is 16.5. The van der Waals surface area contributed by atoms with Crippen LogP contribution in [0.3, 0.4) is 0 Å². The number of aliphatic hydroxyl groups is 1. The summed E-state index contributed by atoms with van der Waals surface area (Å²) in [6.45, 7) is 12.8. The topological polar surface area (TPSA) is 63.6 Å². The summed E-state index contributed by atoms with van der Waals surface area (Å²) in [6.07, 6.45) is 12.3. The van der Waals surface area contributed by atoms with Gasteiger partial charge in [-0.2, -0.15) is 0 Å². The van der Waals surface area contributed by atoms with Gasteiger partial charge in [0.15, 0.2) is 5.78 Å². The molecule has 0 aromatic rings. The van der Waals surface area contributed by atoms with E-state index in [-0.39, 0.29) is 40.7 Å². The van der Waals surface area contributed by atoms with Crippen LogP contribution in [0.15, 0.2) is 23.8 Å². The molecule has 0 aromatic heterocycles. The van der Waals surface area contributed by atoms with Crippen LogP contribution in [0.4, 0.5) is 0 Å². The minimum Gasteiger partial charge on any atom is -0.462 e. The third-order valence-corrected chi connectivity index (χ3v) is 10.3. The molecule has 0 heterocycles. The van der Waals surface area contributed by atoms with Crippen molar-refractivity contribution in [1.82, 2.24) is 0 Å². The van der Waals surface area contributed by atoms with Gasteiger partial charge in [0, 0.05) is 17.8 Å². The Labute approximate surface area is 200 Å². The van der Waals surface area contributed by atoms with Gasteiger partial charge in [0.25, 0.3) is 0 Å². The van der Waals surface area contributed by atoms with E-state index in [4.69, 9.17) is 4.74 Å². The van der Waals surface area contributed by atoms with Gasteiger partial charge in [0.05, 0.1) is 6.10 Å². The zero-order valence-corrected chi connectivity index (χ0v) is 21.5. The van der Waals surface area contributed by atoms with Crippen molar-refractivity contribution in [3.8, 4) is 0 Å². The Morgan fingerprint density at radius 3 is 2.55 bits per heavy atom. The fourth-order valence-corrected chi connectivity index (χ4v) is 8.44. The molecule has 4 rings (SSSR count). The first-order chi connectivity index (χ1) is 15.5. The molecule has 3 saturated carbocycles. The minimum atomic E-state index is -0.311. The quantitative estimate of drug-likeness (QED) is 0.507. The van der Waals surface area contributed by atoms with Gasteiger partial charge in [0.1, 0.15) is 6.10 Å². The zero-order chi connectivity index (χ0) is 24.1. The molecular formula is C29H44O4. The number of ketones is 1. The van der Waals surface area contributed by atoms with E-state index in [1.54, 1.807) is 6.08 Å². The van der Waals surface area contributed by atoms with Crippen LogP contribution in [-0.4, -0.2) is 29.1 Å². The van der Waals surface area contributed by atoms with E-state index in [0.717, 1.165) is 44.9 Å². The molecule has 0 spiro atoms.